The van der Waals surface area contributed by atoms with Gasteiger partial charge in [0.15, 0.2) is 5.65 Å². The summed E-state index contributed by atoms with van der Waals surface area (Å²) in [4.78, 5) is 19.0. The van der Waals surface area contributed by atoms with Gasteiger partial charge in [0, 0.05) is 48.8 Å². The molecule has 0 atom stereocenters. The summed E-state index contributed by atoms with van der Waals surface area (Å²) in [5.41, 5.74) is 5.17. The Hall–Kier alpha value is -2.40. The summed E-state index contributed by atoms with van der Waals surface area (Å²) in [6.07, 6.45) is 3.88. The van der Waals surface area contributed by atoms with Crippen molar-refractivity contribution < 1.29 is 4.79 Å². The average molecular weight is 355 g/mol. The molecule has 1 aliphatic heterocycles. The molecule has 3 aromatic rings. The topological polar surface area (TPSA) is 50.5 Å². The van der Waals surface area contributed by atoms with Gasteiger partial charge in [0.2, 0.25) is 5.91 Å². The van der Waals surface area contributed by atoms with E-state index in [1.54, 1.807) is 0 Å². The van der Waals surface area contributed by atoms with Gasteiger partial charge >= 0.3 is 0 Å². The number of rotatable bonds is 3. The molecule has 0 N–H and O–H groups in total. The van der Waals surface area contributed by atoms with E-state index in [1.807, 2.05) is 52.9 Å². The Balaban J connectivity index is 1.46. The summed E-state index contributed by atoms with van der Waals surface area (Å²) < 4.78 is 1.92. The van der Waals surface area contributed by atoms with Gasteiger partial charge in [-0.2, -0.15) is 5.10 Å². The van der Waals surface area contributed by atoms with Crippen molar-refractivity contribution >= 4 is 23.2 Å². The molecule has 5 nitrogen and oxygen atoms in total. The molecule has 0 saturated heterocycles. The van der Waals surface area contributed by atoms with Crippen LogP contribution in [0.4, 0.5) is 0 Å². The molecule has 1 aromatic carbocycles. The number of amides is 1. The maximum Gasteiger partial charge on any atom is 0.223 e. The Morgan fingerprint density at radius 1 is 1.32 bits per heavy atom. The zero-order valence-corrected chi connectivity index (χ0v) is 14.8. The normalized spacial score (nSPS) is 13.9. The molecular weight excluding hydrogens is 336 g/mol. The third-order valence-corrected chi connectivity index (χ3v) is 4.88. The van der Waals surface area contributed by atoms with Crippen LogP contribution in [0.25, 0.3) is 5.65 Å². The summed E-state index contributed by atoms with van der Waals surface area (Å²) in [7, 11) is 0. The lowest BCUT2D eigenvalue weighted by Crippen LogP contribution is -2.37. The molecule has 128 valence electrons. The van der Waals surface area contributed by atoms with E-state index in [-0.39, 0.29) is 5.91 Å². The van der Waals surface area contributed by atoms with Crippen molar-refractivity contribution in [1.82, 2.24) is 19.5 Å². The second kappa shape index (κ2) is 6.48. The van der Waals surface area contributed by atoms with E-state index < -0.39 is 0 Å². The van der Waals surface area contributed by atoms with Crippen LogP contribution in [0.1, 0.15) is 28.9 Å². The highest BCUT2D eigenvalue weighted by atomic mass is 35.5. The predicted molar refractivity (Wildman–Crippen MR) is 96.6 cm³/mol. The van der Waals surface area contributed by atoms with E-state index in [9.17, 15) is 4.79 Å². The highest BCUT2D eigenvalue weighted by Gasteiger charge is 2.23. The van der Waals surface area contributed by atoms with Gasteiger partial charge < -0.3 is 4.90 Å². The van der Waals surface area contributed by atoms with Crippen LogP contribution >= 0.6 is 11.6 Å². The molecule has 0 unspecified atom stereocenters. The van der Waals surface area contributed by atoms with Crippen LogP contribution < -0.4 is 0 Å². The van der Waals surface area contributed by atoms with E-state index in [2.05, 4.69) is 10.1 Å². The van der Waals surface area contributed by atoms with E-state index in [0.29, 0.717) is 24.4 Å². The molecule has 0 bridgehead atoms. The monoisotopic (exact) mass is 354 g/mol. The van der Waals surface area contributed by atoms with Crippen molar-refractivity contribution in [2.45, 2.75) is 32.7 Å². The van der Waals surface area contributed by atoms with Gasteiger partial charge in [0.25, 0.3) is 0 Å². The third-order valence-electron chi connectivity index (χ3n) is 4.64. The third kappa shape index (κ3) is 3.24. The first-order chi connectivity index (χ1) is 12.1. The van der Waals surface area contributed by atoms with Crippen LogP contribution in [-0.2, 0) is 24.2 Å². The molecule has 0 saturated carbocycles. The van der Waals surface area contributed by atoms with E-state index in [4.69, 9.17) is 11.6 Å². The molecule has 0 radical (unpaired) electrons. The first kappa shape index (κ1) is 16.1. The number of nitrogens with zero attached hydrogens (tertiary/aromatic N) is 4. The van der Waals surface area contributed by atoms with Gasteiger partial charge in [-0.25, -0.2) is 9.50 Å². The Morgan fingerprint density at radius 3 is 3.04 bits per heavy atom. The highest BCUT2D eigenvalue weighted by molar-refractivity contribution is 6.30. The number of carbonyl (C=O) groups is 1. The van der Waals surface area contributed by atoms with Crippen LogP contribution in [0.3, 0.4) is 0 Å². The van der Waals surface area contributed by atoms with Crippen LogP contribution in [-0.4, -0.2) is 31.9 Å². The van der Waals surface area contributed by atoms with Gasteiger partial charge in [0.05, 0.1) is 11.4 Å². The minimum atomic E-state index is 0.169. The second-order valence-electron chi connectivity index (χ2n) is 6.48. The molecule has 3 heterocycles. The Bertz CT molecular complexity index is 950. The van der Waals surface area contributed by atoms with Crippen LogP contribution in [0.15, 0.2) is 36.5 Å². The molecule has 1 aliphatic rings. The summed E-state index contributed by atoms with van der Waals surface area (Å²) in [5.74, 6) is 0.169. The highest BCUT2D eigenvalue weighted by Crippen LogP contribution is 2.21. The molecular formula is C19H19ClN4O. The zero-order valence-electron chi connectivity index (χ0n) is 14.1. The van der Waals surface area contributed by atoms with Crippen molar-refractivity contribution in [3.8, 4) is 0 Å². The number of hydrogen-bond donors (Lipinski definition) is 0. The van der Waals surface area contributed by atoms with Crippen LogP contribution in [0.5, 0.6) is 0 Å². The standard InChI is InChI=1S/C19H19ClN4O/c1-13-9-18-21-11-15-12-23(8-7-17(15)24(18)22-13)19(25)6-5-14-3-2-4-16(20)10-14/h2-4,9-11H,5-8,12H2,1H3. The molecule has 2 aromatic heterocycles. The van der Waals surface area contributed by atoms with Crippen molar-refractivity contribution in [1.29, 1.82) is 0 Å². The SMILES string of the molecule is Cc1cc2ncc3c(n2n1)CCN(C(=O)CCc1cccc(Cl)c1)C3. The van der Waals surface area contributed by atoms with Gasteiger partial charge in [-0.3, -0.25) is 4.79 Å². The summed E-state index contributed by atoms with van der Waals surface area (Å²) in [6.45, 7) is 3.29. The van der Waals surface area contributed by atoms with E-state index in [0.717, 1.165) is 41.1 Å². The molecule has 1 amide bonds. The van der Waals surface area contributed by atoms with Crippen molar-refractivity contribution in [3.05, 3.63) is 64.1 Å². The molecule has 0 spiro atoms. The first-order valence-electron chi connectivity index (χ1n) is 8.45. The number of fused-ring (bicyclic) bond motifs is 3. The van der Waals surface area contributed by atoms with E-state index >= 15 is 0 Å². The fourth-order valence-corrected chi connectivity index (χ4v) is 3.58. The lowest BCUT2D eigenvalue weighted by atomic mass is 10.1. The van der Waals surface area contributed by atoms with Gasteiger partial charge in [-0.1, -0.05) is 23.7 Å². The molecule has 6 heteroatoms. The van der Waals surface area contributed by atoms with Crippen molar-refractivity contribution in [2.75, 3.05) is 6.54 Å². The summed E-state index contributed by atoms with van der Waals surface area (Å²) in [5, 5.41) is 5.23. The molecule has 0 aliphatic carbocycles. The van der Waals surface area contributed by atoms with Gasteiger partial charge in [-0.05, 0) is 31.0 Å². The van der Waals surface area contributed by atoms with Crippen LogP contribution in [0, 0.1) is 6.92 Å². The second-order valence-corrected chi connectivity index (χ2v) is 6.92. The largest absolute Gasteiger partial charge is 0.338 e. The van der Waals surface area contributed by atoms with Crippen molar-refractivity contribution in [2.24, 2.45) is 0 Å². The molecule has 25 heavy (non-hydrogen) atoms. The number of halogens is 1. The maximum atomic E-state index is 12.6. The Labute approximate surface area is 151 Å². The average Bonchev–Trinajstić information content (AvgIpc) is 3.00. The molecule has 4 rings (SSSR count). The van der Waals surface area contributed by atoms with Gasteiger partial charge in [-0.15, -0.1) is 0 Å². The summed E-state index contributed by atoms with van der Waals surface area (Å²) >= 11 is 6.00. The Kier molecular flexibility index (Phi) is 4.17. The lowest BCUT2D eigenvalue weighted by molar-refractivity contribution is -0.132. The number of aryl methyl sites for hydroxylation is 2. The quantitative estimate of drug-likeness (QED) is 0.725. The fourth-order valence-electron chi connectivity index (χ4n) is 3.37. The number of benzene rings is 1. The number of hydrogen-bond acceptors (Lipinski definition) is 3. The predicted octanol–water partition coefficient (Wildman–Crippen LogP) is 3.21. The molecule has 0 fully saturated rings. The first-order valence-corrected chi connectivity index (χ1v) is 8.83. The number of carbonyl (C=O) groups excluding carboxylic acids is 1. The number of aromatic nitrogens is 3. The Morgan fingerprint density at radius 2 is 2.20 bits per heavy atom. The summed E-state index contributed by atoms with van der Waals surface area (Å²) in [6, 6.07) is 9.66. The smallest absolute Gasteiger partial charge is 0.223 e. The van der Waals surface area contributed by atoms with Gasteiger partial charge in [0.1, 0.15) is 0 Å². The minimum absolute atomic E-state index is 0.169. The van der Waals surface area contributed by atoms with Crippen LogP contribution in [0.2, 0.25) is 5.02 Å². The van der Waals surface area contributed by atoms with E-state index in [1.165, 1.54) is 0 Å². The lowest BCUT2D eigenvalue weighted by Gasteiger charge is -2.28. The minimum Gasteiger partial charge on any atom is -0.338 e. The maximum absolute atomic E-state index is 12.6. The fraction of sp³-hybridized carbons (Fsp3) is 0.316. The van der Waals surface area contributed by atoms with Crippen molar-refractivity contribution in [3.63, 3.8) is 0 Å². The zero-order chi connectivity index (χ0) is 17.4.